The molecule has 2 aromatic carbocycles. The van der Waals surface area contributed by atoms with Crippen molar-refractivity contribution in [1.82, 2.24) is 9.21 Å². The Hall–Kier alpha value is -2.77. The van der Waals surface area contributed by atoms with E-state index in [-0.39, 0.29) is 18.8 Å². The van der Waals surface area contributed by atoms with Crippen LogP contribution >= 0.6 is 0 Å². The number of halogens is 5. The van der Waals surface area contributed by atoms with Gasteiger partial charge in [-0.2, -0.15) is 13.1 Å². The largest absolute Gasteiger partial charge is 0.352 e. The molecule has 2 heterocycles. The van der Waals surface area contributed by atoms with E-state index in [2.05, 4.69) is 5.32 Å². The molecule has 2 aliphatic rings. The zero-order valence-electron chi connectivity index (χ0n) is 16.9. The normalized spacial score (nSPS) is 23.1. The second kappa shape index (κ2) is 8.22. The van der Waals surface area contributed by atoms with Gasteiger partial charge in [0.15, 0.2) is 11.6 Å². The van der Waals surface area contributed by atoms with Crippen LogP contribution in [0, 0.1) is 17.5 Å². The molecule has 2 aromatic rings. The second-order valence-corrected chi connectivity index (χ2v) is 9.46. The van der Waals surface area contributed by atoms with Crippen LogP contribution in [0.5, 0.6) is 0 Å². The van der Waals surface area contributed by atoms with Crippen LogP contribution in [0.4, 0.5) is 32.4 Å². The maximum Gasteiger partial charge on any atom is 0.322 e. The molecule has 1 atom stereocenters. The number of carbonyl (C=O) groups excluding carboxylic acids is 1. The third kappa shape index (κ3) is 4.04. The Labute approximate surface area is 185 Å². The summed E-state index contributed by atoms with van der Waals surface area (Å²) in [6.45, 7) is -2.28. The Bertz CT molecular complexity index is 1200. The lowest BCUT2D eigenvalue weighted by Crippen LogP contribution is -2.68. The predicted octanol–water partition coefficient (Wildman–Crippen LogP) is 3.39. The molecule has 0 bridgehead atoms. The number of ether oxygens (including phenoxy) is 1. The fourth-order valence-electron chi connectivity index (χ4n) is 3.97. The number of alkyl halides is 2. The molecule has 7 nitrogen and oxygen atoms in total. The highest BCUT2D eigenvalue weighted by Crippen LogP contribution is 2.47. The molecule has 2 aliphatic heterocycles. The van der Waals surface area contributed by atoms with E-state index in [4.69, 9.17) is 4.74 Å². The van der Waals surface area contributed by atoms with Gasteiger partial charge in [-0.25, -0.2) is 26.4 Å². The summed E-state index contributed by atoms with van der Waals surface area (Å²) in [7, 11) is -4.69. The Morgan fingerprint density at radius 1 is 1.03 bits per heavy atom. The first-order valence-electron chi connectivity index (χ1n) is 9.77. The monoisotopic (exact) mass is 491 g/mol. The van der Waals surface area contributed by atoms with Crippen LogP contribution < -0.4 is 5.32 Å². The highest BCUT2D eigenvalue weighted by atomic mass is 32.2. The number of anilines is 1. The van der Waals surface area contributed by atoms with Crippen molar-refractivity contribution in [1.29, 1.82) is 0 Å². The third-order valence-electron chi connectivity index (χ3n) is 5.56. The number of likely N-dealkylation sites (tertiary alicyclic amines) is 1. The van der Waals surface area contributed by atoms with Gasteiger partial charge in [-0.15, -0.1) is 0 Å². The number of nitrogens with one attached hydrogen (secondary N) is 1. The summed E-state index contributed by atoms with van der Waals surface area (Å²) in [6.07, 6.45) is -0.584. The fraction of sp³-hybridized carbons (Fsp3) is 0.350. The Morgan fingerprint density at radius 2 is 1.79 bits per heavy atom. The van der Waals surface area contributed by atoms with Crippen LogP contribution in [0.2, 0.25) is 0 Å². The summed E-state index contributed by atoms with van der Waals surface area (Å²) in [5.74, 6) is -7.22. The summed E-state index contributed by atoms with van der Waals surface area (Å²) < 4.78 is 103. The molecule has 1 N–H and O–H groups in total. The molecule has 2 fully saturated rings. The van der Waals surface area contributed by atoms with Crippen LogP contribution in [0.1, 0.15) is 6.42 Å². The molecule has 0 radical (unpaired) electrons. The van der Waals surface area contributed by atoms with E-state index in [1.807, 2.05) is 0 Å². The van der Waals surface area contributed by atoms with Gasteiger partial charge in [0.25, 0.3) is 0 Å². The van der Waals surface area contributed by atoms with Crippen molar-refractivity contribution < 1.29 is 39.9 Å². The minimum atomic E-state index is -4.69. The molecule has 1 spiro atoms. The number of hydrogen-bond donors (Lipinski definition) is 1. The molecule has 0 saturated carbocycles. The Balaban J connectivity index is 1.58. The zero-order valence-corrected chi connectivity index (χ0v) is 17.7. The summed E-state index contributed by atoms with van der Waals surface area (Å²) >= 11 is 0. The number of benzene rings is 2. The van der Waals surface area contributed by atoms with E-state index in [1.165, 1.54) is 12.1 Å². The lowest BCUT2D eigenvalue weighted by molar-refractivity contribution is -0.246. The Kier molecular flexibility index (Phi) is 5.83. The lowest BCUT2D eigenvalue weighted by atomic mass is 9.96. The van der Waals surface area contributed by atoms with Crippen molar-refractivity contribution in [2.24, 2.45) is 0 Å². The smallest absolute Gasteiger partial charge is 0.322 e. The maximum absolute atomic E-state index is 15.4. The number of rotatable bonds is 3. The van der Waals surface area contributed by atoms with Crippen molar-refractivity contribution in [3.05, 3.63) is 59.9 Å². The van der Waals surface area contributed by atoms with Crippen molar-refractivity contribution in [2.45, 2.75) is 23.0 Å². The van der Waals surface area contributed by atoms with E-state index >= 15 is 8.78 Å². The van der Waals surface area contributed by atoms with Crippen molar-refractivity contribution in [2.75, 3.05) is 31.6 Å². The van der Waals surface area contributed by atoms with Gasteiger partial charge in [-0.1, -0.05) is 6.07 Å². The van der Waals surface area contributed by atoms with Gasteiger partial charge < -0.3 is 15.0 Å². The molecule has 2 saturated heterocycles. The SMILES string of the molecule is O=C(Nc1cccc(F)c1)N1CCC2(OCCN2S(=O)(=O)c2ccc(F)c(F)c2)C(F)(F)C1. The topological polar surface area (TPSA) is 79.0 Å². The van der Waals surface area contributed by atoms with E-state index in [1.54, 1.807) is 0 Å². The third-order valence-corrected chi connectivity index (χ3v) is 7.47. The van der Waals surface area contributed by atoms with Gasteiger partial charge in [0.1, 0.15) is 5.82 Å². The van der Waals surface area contributed by atoms with E-state index < -0.39 is 69.6 Å². The van der Waals surface area contributed by atoms with E-state index in [9.17, 15) is 26.4 Å². The van der Waals surface area contributed by atoms with Gasteiger partial charge >= 0.3 is 12.0 Å². The number of sulfonamides is 1. The highest BCUT2D eigenvalue weighted by Gasteiger charge is 2.67. The van der Waals surface area contributed by atoms with Crippen molar-refractivity contribution >= 4 is 21.7 Å². The molecule has 1 unspecified atom stereocenters. The van der Waals surface area contributed by atoms with E-state index in [0.717, 1.165) is 23.1 Å². The average Bonchev–Trinajstić information content (AvgIpc) is 3.18. The maximum atomic E-state index is 15.4. The van der Waals surface area contributed by atoms with Crippen molar-refractivity contribution in [3.8, 4) is 0 Å². The molecular formula is C20H18F5N3O4S. The first-order valence-corrected chi connectivity index (χ1v) is 11.2. The molecular weight excluding hydrogens is 473 g/mol. The minimum absolute atomic E-state index is 0.0586. The molecule has 0 aromatic heterocycles. The molecule has 4 rings (SSSR count). The predicted molar refractivity (Wildman–Crippen MR) is 105 cm³/mol. The lowest BCUT2D eigenvalue weighted by Gasteiger charge is -2.47. The van der Waals surface area contributed by atoms with Crippen LogP contribution in [0.15, 0.2) is 47.4 Å². The first kappa shape index (κ1) is 23.4. The number of carbonyl (C=O) groups is 1. The number of nitrogens with zero attached hydrogens (tertiary/aromatic N) is 2. The average molecular weight is 491 g/mol. The number of amides is 2. The number of hydrogen-bond acceptors (Lipinski definition) is 4. The summed E-state index contributed by atoms with van der Waals surface area (Å²) in [6, 6.07) is 5.71. The van der Waals surface area contributed by atoms with Gasteiger partial charge in [-0.3, -0.25) is 0 Å². The summed E-state index contributed by atoms with van der Waals surface area (Å²) in [5.41, 5.74) is -2.55. The second-order valence-electron chi connectivity index (χ2n) is 7.60. The molecule has 178 valence electrons. The van der Waals surface area contributed by atoms with Crippen LogP contribution in [0.25, 0.3) is 0 Å². The number of urea groups is 1. The van der Waals surface area contributed by atoms with Crippen LogP contribution in [-0.4, -0.2) is 61.5 Å². The molecule has 13 heteroatoms. The van der Waals surface area contributed by atoms with E-state index in [0.29, 0.717) is 16.4 Å². The molecule has 33 heavy (non-hydrogen) atoms. The standard InChI is InChI=1S/C20H18F5N3O4S/c21-13-2-1-3-14(10-13)26-18(29)27-7-6-20(19(24,25)12-27)28(8-9-32-20)33(30,31)15-4-5-16(22)17(23)11-15/h1-5,10-11H,6-9,12H2,(H,26,29). The van der Waals surface area contributed by atoms with Gasteiger partial charge in [0.05, 0.1) is 18.0 Å². The van der Waals surface area contributed by atoms with Gasteiger partial charge in [0.2, 0.25) is 15.7 Å². The minimum Gasteiger partial charge on any atom is -0.352 e. The first-order chi connectivity index (χ1) is 15.5. The Morgan fingerprint density at radius 3 is 2.45 bits per heavy atom. The molecule has 0 aliphatic carbocycles. The van der Waals surface area contributed by atoms with Crippen LogP contribution in [0.3, 0.4) is 0 Å². The van der Waals surface area contributed by atoms with Gasteiger partial charge in [0, 0.05) is 25.2 Å². The zero-order chi connectivity index (χ0) is 24.0. The van der Waals surface area contributed by atoms with Crippen LogP contribution in [-0.2, 0) is 14.8 Å². The summed E-state index contributed by atoms with van der Waals surface area (Å²) in [4.78, 5) is 12.5. The quantitative estimate of drug-likeness (QED) is 0.668. The fourth-order valence-corrected chi connectivity index (χ4v) is 5.70. The van der Waals surface area contributed by atoms with Gasteiger partial charge in [-0.05, 0) is 36.4 Å². The summed E-state index contributed by atoms with van der Waals surface area (Å²) in [5, 5.41) is 2.31. The number of piperidine rings is 1. The van der Waals surface area contributed by atoms with Crippen molar-refractivity contribution in [3.63, 3.8) is 0 Å². The molecule has 2 amide bonds. The highest BCUT2D eigenvalue weighted by molar-refractivity contribution is 7.89.